The summed E-state index contributed by atoms with van der Waals surface area (Å²) < 4.78 is 0.875. The van der Waals surface area contributed by atoms with Gasteiger partial charge in [-0.2, -0.15) is 5.26 Å². The molecule has 0 aliphatic heterocycles. The lowest BCUT2D eigenvalue weighted by atomic mass is 10.1. The molecule has 94 valence electrons. The fraction of sp³-hybridized carbons (Fsp3) is 0.250. The third-order valence-corrected chi connectivity index (χ3v) is 2.73. The van der Waals surface area contributed by atoms with Crippen molar-refractivity contribution in [3.63, 3.8) is 0 Å². The maximum Gasteiger partial charge on any atom is 0.303 e. The van der Waals surface area contributed by atoms with Crippen LogP contribution in [0.5, 0.6) is 0 Å². The topological polar surface area (TPSA) is 90.2 Å². The van der Waals surface area contributed by atoms with E-state index in [1.54, 1.807) is 24.3 Å². The van der Waals surface area contributed by atoms with Crippen molar-refractivity contribution in [2.45, 2.75) is 18.9 Å². The molecule has 5 nitrogen and oxygen atoms in total. The maximum absolute atomic E-state index is 11.4. The van der Waals surface area contributed by atoms with Crippen molar-refractivity contribution in [2.75, 3.05) is 0 Å². The molecule has 0 aromatic heterocycles. The number of hydrogen-bond acceptors (Lipinski definition) is 3. The maximum atomic E-state index is 11.4. The number of nitrogens with one attached hydrogen (secondary N) is 1. The van der Waals surface area contributed by atoms with Gasteiger partial charge in [-0.05, 0) is 17.7 Å². The van der Waals surface area contributed by atoms with Crippen molar-refractivity contribution in [3.05, 3.63) is 34.3 Å². The number of carbonyl (C=O) groups excluding carboxylic acids is 1. The molecule has 1 amide bonds. The van der Waals surface area contributed by atoms with Gasteiger partial charge >= 0.3 is 5.97 Å². The van der Waals surface area contributed by atoms with E-state index < -0.39 is 17.9 Å². The van der Waals surface area contributed by atoms with Crippen molar-refractivity contribution in [3.8, 4) is 6.07 Å². The van der Waals surface area contributed by atoms with E-state index in [4.69, 9.17) is 10.4 Å². The molecule has 1 rings (SSSR count). The fourth-order valence-corrected chi connectivity index (χ4v) is 1.56. The van der Waals surface area contributed by atoms with Crippen molar-refractivity contribution >= 4 is 27.8 Å². The summed E-state index contributed by atoms with van der Waals surface area (Å²) in [5, 5.41) is 19.9. The third kappa shape index (κ3) is 4.55. The first-order valence-electron chi connectivity index (χ1n) is 5.19. The number of hydrogen-bond donors (Lipinski definition) is 2. The number of nitrogens with zero attached hydrogens (tertiary/aromatic N) is 1. The minimum absolute atomic E-state index is 0.135. The summed E-state index contributed by atoms with van der Waals surface area (Å²) in [6, 6.07) is 8.17. The Morgan fingerprint density at radius 2 is 1.94 bits per heavy atom. The number of carbonyl (C=O) groups is 2. The minimum atomic E-state index is -1.04. The van der Waals surface area contributed by atoms with Crippen LogP contribution in [-0.4, -0.2) is 17.0 Å². The minimum Gasteiger partial charge on any atom is -0.481 e. The third-order valence-electron chi connectivity index (χ3n) is 2.20. The predicted molar refractivity (Wildman–Crippen MR) is 67.5 cm³/mol. The molecule has 0 heterocycles. The van der Waals surface area contributed by atoms with Crippen LogP contribution < -0.4 is 5.32 Å². The highest BCUT2D eigenvalue weighted by atomic mass is 79.9. The van der Waals surface area contributed by atoms with E-state index in [0.717, 1.165) is 4.47 Å². The first-order valence-corrected chi connectivity index (χ1v) is 5.98. The van der Waals surface area contributed by atoms with Crippen molar-refractivity contribution in [1.29, 1.82) is 5.26 Å². The zero-order chi connectivity index (χ0) is 13.5. The zero-order valence-corrected chi connectivity index (χ0v) is 11.0. The molecule has 18 heavy (non-hydrogen) atoms. The normalized spacial score (nSPS) is 11.3. The lowest BCUT2D eigenvalue weighted by molar-refractivity contribution is -0.138. The van der Waals surface area contributed by atoms with Crippen LogP contribution in [0, 0.1) is 11.3 Å². The van der Waals surface area contributed by atoms with Gasteiger partial charge in [-0.15, -0.1) is 0 Å². The Morgan fingerprint density at radius 3 is 2.44 bits per heavy atom. The Labute approximate surface area is 113 Å². The van der Waals surface area contributed by atoms with E-state index in [9.17, 15) is 9.59 Å². The van der Waals surface area contributed by atoms with Crippen LogP contribution in [0.1, 0.15) is 24.4 Å². The molecule has 1 aromatic rings. The Morgan fingerprint density at radius 1 is 1.33 bits per heavy atom. The van der Waals surface area contributed by atoms with E-state index >= 15 is 0 Å². The average molecular weight is 311 g/mol. The number of amides is 1. The summed E-state index contributed by atoms with van der Waals surface area (Å²) in [5.74, 6) is -1.49. The molecule has 1 aromatic carbocycles. The van der Waals surface area contributed by atoms with Gasteiger partial charge in [0.2, 0.25) is 5.91 Å². The molecule has 0 aliphatic carbocycles. The van der Waals surface area contributed by atoms with Crippen LogP contribution in [0.25, 0.3) is 0 Å². The number of halogens is 1. The van der Waals surface area contributed by atoms with E-state index in [0.29, 0.717) is 5.56 Å². The van der Waals surface area contributed by atoms with Crippen molar-refractivity contribution in [1.82, 2.24) is 5.32 Å². The largest absolute Gasteiger partial charge is 0.481 e. The molecule has 0 saturated carbocycles. The van der Waals surface area contributed by atoms with Crippen LogP contribution in [0.2, 0.25) is 0 Å². The van der Waals surface area contributed by atoms with E-state index in [2.05, 4.69) is 21.2 Å². The van der Waals surface area contributed by atoms with E-state index in [1.165, 1.54) is 0 Å². The number of benzene rings is 1. The van der Waals surface area contributed by atoms with E-state index in [1.807, 2.05) is 6.07 Å². The lowest BCUT2D eigenvalue weighted by Crippen LogP contribution is -2.27. The lowest BCUT2D eigenvalue weighted by Gasteiger charge is -2.11. The standard InChI is InChI=1S/C12H11BrN2O3/c13-9-3-1-8(2-4-9)10(7-14)15-11(16)5-6-12(17)18/h1-4,10H,5-6H2,(H,15,16)(H,17,18). The molecule has 0 fully saturated rings. The van der Waals surface area contributed by atoms with Crippen LogP contribution in [0.4, 0.5) is 0 Å². The Balaban J connectivity index is 2.62. The SMILES string of the molecule is N#CC(NC(=O)CCC(=O)O)c1ccc(Br)cc1. The summed E-state index contributed by atoms with van der Waals surface area (Å²) in [4.78, 5) is 21.7. The van der Waals surface area contributed by atoms with Gasteiger partial charge in [0.05, 0.1) is 12.5 Å². The average Bonchev–Trinajstić information content (AvgIpc) is 2.34. The quantitative estimate of drug-likeness (QED) is 0.870. The van der Waals surface area contributed by atoms with Gasteiger partial charge in [0, 0.05) is 10.9 Å². The molecule has 1 atom stereocenters. The summed E-state index contributed by atoms with van der Waals surface area (Å²) in [6.45, 7) is 0. The molecular weight excluding hydrogens is 300 g/mol. The first-order chi connectivity index (χ1) is 8.52. The van der Waals surface area contributed by atoms with Crippen molar-refractivity contribution in [2.24, 2.45) is 0 Å². The van der Waals surface area contributed by atoms with Crippen LogP contribution in [0.15, 0.2) is 28.7 Å². The number of carboxylic acids is 1. The Kier molecular flexibility index (Phi) is 5.33. The second-order valence-corrected chi connectivity index (χ2v) is 4.49. The molecular formula is C12H11BrN2O3. The number of aliphatic carboxylic acids is 1. The highest BCUT2D eigenvalue weighted by Gasteiger charge is 2.14. The second-order valence-electron chi connectivity index (χ2n) is 3.57. The fourth-order valence-electron chi connectivity index (χ4n) is 1.30. The number of rotatable bonds is 5. The molecule has 0 saturated heterocycles. The summed E-state index contributed by atoms with van der Waals surface area (Å²) >= 11 is 3.27. The molecule has 2 N–H and O–H groups in total. The molecule has 1 unspecified atom stereocenters. The number of carboxylic acid groups (broad SMARTS) is 1. The zero-order valence-electron chi connectivity index (χ0n) is 9.39. The monoisotopic (exact) mass is 310 g/mol. The van der Waals surface area contributed by atoms with Crippen LogP contribution in [0.3, 0.4) is 0 Å². The Bertz CT molecular complexity index is 479. The van der Waals surface area contributed by atoms with Gasteiger partial charge in [0.1, 0.15) is 6.04 Å². The second kappa shape index (κ2) is 6.77. The highest BCUT2D eigenvalue weighted by molar-refractivity contribution is 9.10. The molecule has 0 aliphatic rings. The van der Waals surface area contributed by atoms with Gasteiger partial charge in [-0.25, -0.2) is 0 Å². The molecule has 0 spiro atoms. The van der Waals surface area contributed by atoms with Gasteiger partial charge < -0.3 is 10.4 Å². The predicted octanol–water partition coefficient (Wildman–Crippen LogP) is 1.99. The summed E-state index contributed by atoms with van der Waals surface area (Å²) in [5.41, 5.74) is 0.657. The van der Waals surface area contributed by atoms with Crippen LogP contribution >= 0.6 is 15.9 Å². The smallest absolute Gasteiger partial charge is 0.303 e. The van der Waals surface area contributed by atoms with Crippen molar-refractivity contribution < 1.29 is 14.7 Å². The van der Waals surface area contributed by atoms with E-state index in [-0.39, 0.29) is 12.8 Å². The summed E-state index contributed by atoms with van der Waals surface area (Å²) in [7, 11) is 0. The summed E-state index contributed by atoms with van der Waals surface area (Å²) in [6.07, 6.45) is -0.381. The molecule has 0 bridgehead atoms. The van der Waals surface area contributed by atoms with Gasteiger partial charge in [0.15, 0.2) is 0 Å². The van der Waals surface area contributed by atoms with Crippen LogP contribution in [-0.2, 0) is 9.59 Å². The highest BCUT2D eigenvalue weighted by Crippen LogP contribution is 2.16. The number of nitriles is 1. The Hall–Kier alpha value is -1.87. The van der Waals surface area contributed by atoms with Gasteiger partial charge in [-0.3, -0.25) is 9.59 Å². The molecule has 6 heteroatoms. The van der Waals surface area contributed by atoms with Gasteiger partial charge in [0.25, 0.3) is 0 Å². The van der Waals surface area contributed by atoms with Gasteiger partial charge in [-0.1, -0.05) is 28.1 Å². The first kappa shape index (κ1) is 14.2. The molecule has 0 radical (unpaired) electrons.